The summed E-state index contributed by atoms with van der Waals surface area (Å²) in [5.41, 5.74) is 2.63. The number of hydrogen-bond acceptors (Lipinski definition) is 6. The first-order valence-electron chi connectivity index (χ1n) is 3.85. The van der Waals surface area contributed by atoms with Gasteiger partial charge in [0, 0.05) is 0 Å². The fraction of sp³-hybridized carbons (Fsp3) is 0.143. The van der Waals surface area contributed by atoms with Crippen LogP contribution >= 0.6 is 0 Å². The lowest BCUT2D eigenvalue weighted by Gasteiger charge is -2.11. The Morgan fingerprint density at radius 1 is 1.59 bits per heavy atom. The highest BCUT2D eigenvalue weighted by Gasteiger charge is 2.36. The molecule has 7 nitrogen and oxygen atoms in total. The standard InChI is InChI=1S/C7H3F3N4O3/c8-7(9,10)17-6-4(14(15)16)2-13-3(1-11)5(6)12/h2H,12H2. The highest BCUT2D eigenvalue weighted by molar-refractivity contribution is 5.68. The second kappa shape index (κ2) is 4.12. The van der Waals surface area contributed by atoms with Gasteiger partial charge < -0.3 is 10.5 Å². The molecule has 90 valence electrons. The number of nitrogens with zero attached hydrogens (tertiary/aromatic N) is 3. The maximum absolute atomic E-state index is 12.0. The molecule has 10 heteroatoms. The number of nitro groups is 1. The first-order chi connectivity index (χ1) is 7.76. The van der Waals surface area contributed by atoms with Crippen molar-refractivity contribution in [2.75, 3.05) is 5.73 Å². The number of pyridine rings is 1. The van der Waals surface area contributed by atoms with Gasteiger partial charge >= 0.3 is 12.0 Å². The Labute approximate surface area is 91.4 Å². The van der Waals surface area contributed by atoms with Crippen molar-refractivity contribution in [1.29, 1.82) is 5.26 Å². The summed E-state index contributed by atoms with van der Waals surface area (Å²) in [6, 6.07) is 1.38. The molecular weight excluding hydrogens is 245 g/mol. The van der Waals surface area contributed by atoms with Crippen LogP contribution in [0, 0.1) is 21.4 Å². The van der Waals surface area contributed by atoms with Gasteiger partial charge in [-0.2, -0.15) is 5.26 Å². The minimum Gasteiger partial charge on any atom is -0.396 e. The third-order valence-electron chi connectivity index (χ3n) is 1.57. The van der Waals surface area contributed by atoms with Crippen molar-refractivity contribution in [3.8, 4) is 11.8 Å². The summed E-state index contributed by atoms with van der Waals surface area (Å²) < 4.78 is 39.4. The van der Waals surface area contributed by atoms with E-state index in [1.54, 1.807) is 0 Å². The zero-order valence-electron chi connectivity index (χ0n) is 7.85. The number of nitriles is 1. The van der Waals surface area contributed by atoms with E-state index in [4.69, 9.17) is 11.0 Å². The Hall–Kier alpha value is -2.57. The van der Waals surface area contributed by atoms with E-state index >= 15 is 0 Å². The number of rotatable bonds is 2. The Balaban J connectivity index is 3.41. The van der Waals surface area contributed by atoms with Gasteiger partial charge in [-0.1, -0.05) is 0 Å². The fourth-order valence-electron chi connectivity index (χ4n) is 0.942. The summed E-state index contributed by atoms with van der Waals surface area (Å²) in [7, 11) is 0. The summed E-state index contributed by atoms with van der Waals surface area (Å²) in [5, 5.41) is 18.9. The summed E-state index contributed by atoms with van der Waals surface area (Å²) in [6.07, 6.45) is -4.69. The summed E-state index contributed by atoms with van der Waals surface area (Å²) in [5.74, 6) is -1.24. The van der Waals surface area contributed by atoms with Crippen molar-refractivity contribution in [3.63, 3.8) is 0 Å². The smallest absolute Gasteiger partial charge is 0.396 e. The molecule has 17 heavy (non-hydrogen) atoms. The lowest BCUT2D eigenvalue weighted by molar-refractivity contribution is -0.388. The molecule has 2 N–H and O–H groups in total. The molecule has 1 heterocycles. The van der Waals surface area contributed by atoms with Crippen molar-refractivity contribution >= 4 is 11.4 Å². The molecule has 0 aliphatic carbocycles. The number of ether oxygens (including phenoxy) is 1. The molecule has 1 aromatic rings. The van der Waals surface area contributed by atoms with E-state index in [0.29, 0.717) is 6.20 Å². The molecule has 0 unspecified atom stereocenters. The molecule has 1 aromatic heterocycles. The number of aromatic nitrogens is 1. The van der Waals surface area contributed by atoms with Crippen LogP contribution in [0.2, 0.25) is 0 Å². The minimum absolute atomic E-state index is 0.468. The maximum atomic E-state index is 12.0. The second-order valence-electron chi connectivity index (χ2n) is 2.65. The number of nitrogens with two attached hydrogens (primary N) is 1. The molecule has 1 rings (SSSR count). The SMILES string of the molecule is N#Cc1ncc([N+](=O)[O-])c(OC(F)(F)F)c1N. The minimum atomic E-state index is -5.16. The molecule has 0 spiro atoms. The van der Waals surface area contributed by atoms with Crippen molar-refractivity contribution in [2.45, 2.75) is 6.36 Å². The molecule has 0 atom stereocenters. The predicted octanol–water partition coefficient (Wildman–Crippen LogP) is 1.34. The van der Waals surface area contributed by atoms with Gasteiger partial charge in [0.2, 0.25) is 5.75 Å². The largest absolute Gasteiger partial charge is 0.573 e. The number of nitrogen functional groups attached to an aromatic ring is 1. The lowest BCUT2D eigenvalue weighted by atomic mass is 10.2. The second-order valence-corrected chi connectivity index (χ2v) is 2.65. The molecule has 0 radical (unpaired) electrons. The number of alkyl halides is 3. The Morgan fingerprint density at radius 3 is 2.59 bits per heavy atom. The van der Waals surface area contributed by atoms with E-state index in [0.717, 1.165) is 0 Å². The van der Waals surface area contributed by atoms with Gasteiger partial charge in [-0.05, 0) is 0 Å². The van der Waals surface area contributed by atoms with Crippen LogP contribution in [0.4, 0.5) is 24.5 Å². The van der Waals surface area contributed by atoms with Gasteiger partial charge in [0.15, 0.2) is 5.69 Å². The van der Waals surface area contributed by atoms with Crippen LogP contribution in [-0.2, 0) is 0 Å². The zero-order chi connectivity index (χ0) is 13.2. The monoisotopic (exact) mass is 248 g/mol. The van der Waals surface area contributed by atoms with Gasteiger partial charge in [-0.25, -0.2) is 4.98 Å². The summed E-state index contributed by atoms with van der Waals surface area (Å²) in [6.45, 7) is 0. The summed E-state index contributed by atoms with van der Waals surface area (Å²) >= 11 is 0. The molecule has 0 fully saturated rings. The average molecular weight is 248 g/mol. The molecular formula is C7H3F3N4O3. The van der Waals surface area contributed by atoms with E-state index in [1.807, 2.05) is 0 Å². The van der Waals surface area contributed by atoms with Crippen LogP contribution in [0.15, 0.2) is 6.20 Å². The van der Waals surface area contributed by atoms with E-state index in [9.17, 15) is 23.3 Å². The molecule has 0 aliphatic heterocycles. The maximum Gasteiger partial charge on any atom is 0.573 e. The van der Waals surface area contributed by atoms with E-state index in [-0.39, 0.29) is 0 Å². The first kappa shape index (κ1) is 12.5. The molecule has 0 amide bonds. The van der Waals surface area contributed by atoms with Crippen LogP contribution in [-0.4, -0.2) is 16.3 Å². The number of anilines is 1. The topological polar surface area (TPSA) is 115 Å². The molecule has 0 saturated carbocycles. The lowest BCUT2D eigenvalue weighted by Crippen LogP contribution is -2.19. The van der Waals surface area contributed by atoms with Crippen LogP contribution in [0.3, 0.4) is 0 Å². The first-order valence-corrected chi connectivity index (χ1v) is 3.85. The average Bonchev–Trinajstić information content (AvgIpc) is 2.18. The highest BCUT2D eigenvalue weighted by Crippen LogP contribution is 2.37. The van der Waals surface area contributed by atoms with Crippen LogP contribution in [0.1, 0.15) is 5.69 Å². The Morgan fingerprint density at radius 2 is 2.18 bits per heavy atom. The van der Waals surface area contributed by atoms with Crippen molar-refractivity contribution in [3.05, 3.63) is 22.0 Å². The molecule has 0 aliphatic rings. The number of hydrogen-bond donors (Lipinski definition) is 1. The fourth-order valence-corrected chi connectivity index (χ4v) is 0.942. The molecule has 0 saturated heterocycles. The van der Waals surface area contributed by atoms with Gasteiger partial charge in [0.05, 0.1) is 4.92 Å². The van der Waals surface area contributed by atoms with E-state index in [2.05, 4.69) is 9.72 Å². The third kappa shape index (κ3) is 2.71. The van der Waals surface area contributed by atoms with E-state index in [1.165, 1.54) is 6.07 Å². The van der Waals surface area contributed by atoms with Gasteiger partial charge in [-0.15, -0.1) is 13.2 Å². The normalized spacial score (nSPS) is 10.7. The van der Waals surface area contributed by atoms with Crippen molar-refractivity contribution in [1.82, 2.24) is 4.98 Å². The summed E-state index contributed by atoms with van der Waals surface area (Å²) in [4.78, 5) is 12.5. The predicted molar refractivity (Wildman–Crippen MR) is 46.7 cm³/mol. The zero-order valence-corrected chi connectivity index (χ0v) is 7.85. The Kier molecular flexibility index (Phi) is 3.03. The number of halogens is 3. The Bertz CT molecular complexity index is 508. The highest BCUT2D eigenvalue weighted by atomic mass is 19.4. The van der Waals surface area contributed by atoms with Crippen LogP contribution in [0.25, 0.3) is 0 Å². The van der Waals surface area contributed by atoms with Gasteiger partial charge in [0.1, 0.15) is 18.0 Å². The van der Waals surface area contributed by atoms with Crippen LogP contribution in [0.5, 0.6) is 5.75 Å². The van der Waals surface area contributed by atoms with Gasteiger partial charge in [0.25, 0.3) is 0 Å². The van der Waals surface area contributed by atoms with Gasteiger partial charge in [-0.3, -0.25) is 10.1 Å². The van der Waals surface area contributed by atoms with Crippen molar-refractivity contribution in [2.24, 2.45) is 0 Å². The quantitative estimate of drug-likeness (QED) is 0.623. The van der Waals surface area contributed by atoms with E-state index < -0.39 is 34.1 Å². The van der Waals surface area contributed by atoms with Crippen LogP contribution < -0.4 is 10.5 Å². The molecule has 0 bridgehead atoms. The van der Waals surface area contributed by atoms with Crippen molar-refractivity contribution < 1.29 is 22.8 Å². The third-order valence-corrected chi connectivity index (χ3v) is 1.57. The molecule has 0 aromatic carbocycles.